The van der Waals surface area contributed by atoms with E-state index in [0.717, 1.165) is 17.4 Å². The highest BCUT2D eigenvalue weighted by Crippen LogP contribution is 2.40. The van der Waals surface area contributed by atoms with Crippen molar-refractivity contribution in [3.8, 4) is 11.5 Å². The summed E-state index contributed by atoms with van der Waals surface area (Å²) in [5.41, 5.74) is 0. The first kappa shape index (κ1) is 21.8. The molecule has 0 N–H and O–H groups in total. The van der Waals surface area contributed by atoms with Gasteiger partial charge in [0, 0.05) is 5.92 Å². The third-order valence-corrected chi connectivity index (χ3v) is 7.35. The zero-order chi connectivity index (χ0) is 22.5. The molecule has 2 nitrogen and oxygen atoms in total. The summed E-state index contributed by atoms with van der Waals surface area (Å²) < 4.78 is 12.8. The molecule has 0 heterocycles. The second kappa shape index (κ2) is 10.3. The van der Waals surface area contributed by atoms with E-state index >= 15 is 0 Å². The summed E-state index contributed by atoms with van der Waals surface area (Å²) in [6, 6.07) is 29.7. The van der Waals surface area contributed by atoms with E-state index in [0.29, 0.717) is 25.0 Å². The van der Waals surface area contributed by atoms with Gasteiger partial charge in [-0.2, -0.15) is 0 Å². The largest absolute Gasteiger partial charge is 0.493 e. The summed E-state index contributed by atoms with van der Waals surface area (Å²) in [5, 5.41) is 4.95. The zero-order valence-electron chi connectivity index (χ0n) is 19.6. The Hall–Kier alpha value is -3.00. The van der Waals surface area contributed by atoms with Crippen molar-refractivity contribution in [2.24, 2.45) is 17.8 Å². The summed E-state index contributed by atoms with van der Waals surface area (Å²) in [4.78, 5) is 0. The molecule has 2 atom stereocenters. The number of benzene rings is 4. The second-order valence-corrected chi connectivity index (χ2v) is 9.54. The van der Waals surface area contributed by atoms with Gasteiger partial charge in [-0.15, -0.1) is 0 Å². The Morgan fingerprint density at radius 2 is 1.24 bits per heavy atom. The average molecular weight is 439 g/mol. The molecule has 4 aromatic carbocycles. The van der Waals surface area contributed by atoms with Gasteiger partial charge < -0.3 is 9.47 Å². The number of hydrogen-bond donors (Lipinski definition) is 0. The van der Waals surface area contributed by atoms with E-state index in [1.807, 2.05) is 0 Å². The van der Waals surface area contributed by atoms with Crippen LogP contribution in [0.4, 0.5) is 0 Å². The Morgan fingerprint density at radius 1 is 0.697 bits per heavy atom. The first-order valence-corrected chi connectivity index (χ1v) is 12.5. The highest BCUT2D eigenvalue weighted by molar-refractivity contribution is 5.84. The lowest BCUT2D eigenvalue weighted by Gasteiger charge is -2.29. The van der Waals surface area contributed by atoms with Crippen molar-refractivity contribution in [3.63, 3.8) is 0 Å². The Bertz CT molecular complexity index is 1110. The lowest BCUT2D eigenvalue weighted by molar-refractivity contribution is 0.107. The molecule has 2 unspecified atom stereocenters. The molecule has 0 bridgehead atoms. The molecule has 33 heavy (non-hydrogen) atoms. The van der Waals surface area contributed by atoms with Crippen LogP contribution in [-0.2, 0) is 0 Å². The van der Waals surface area contributed by atoms with Crippen molar-refractivity contribution < 1.29 is 9.47 Å². The predicted octanol–water partition coefficient (Wildman–Crippen LogP) is 8.28. The number of ether oxygens (including phenoxy) is 2. The van der Waals surface area contributed by atoms with Gasteiger partial charge in [0.15, 0.2) is 0 Å². The fraction of sp³-hybridized carbons (Fsp3) is 0.355. The first-order valence-electron chi connectivity index (χ1n) is 12.5. The number of fused-ring (bicyclic) bond motifs is 2. The van der Waals surface area contributed by atoms with E-state index in [1.165, 1.54) is 53.6 Å². The molecule has 4 aromatic rings. The van der Waals surface area contributed by atoms with Crippen LogP contribution in [0.5, 0.6) is 11.5 Å². The van der Waals surface area contributed by atoms with E-state index in [9.17, 15) is 0 Å². The summed E-state index contributed by atoms with van der Waals surface area (Å²) in [6.07, 6.45) is 6.54. The smallest absolute Gasteiger partial charge is 0.119 e. The number of rotatable bonds is 9. The minimum absolute atomic E-state index is 0.391. The molecule has 0 aromatic heterocycles. The van der Waals surface area contributed by atoms with Crippen LogP contribution in [0.15, 0.2) is 84.9 Å². The lowest BCUT2D eigenvalue weighted by atomic mass is 9.82. The van der Waals surface area contributed by atoms with E-state index in [2.05, 4.69) is 91.9 Å². The van der Waals surface area contributed by atoms with Crippen LogP contribution in [0, 0.1) is 17.8 Å². The predicted molar refractivity (Wildman–Crippen MR) is 138 cm³/mol. The monoisotopic (exact) mass is 438 g/mol. The summed E-state index contributed by atoms with van der Waals surface area (Å²) in [7, 11) is 0. The Labute approximate surface area is 197 Å². The molecule has 1 aliphatic rings. The van der Waals surface area contributed by atoms with Crippen LogP contribution in [0.3, 0.4) is 0 Å². The van der Waals surface area contributed by atoms with E-state index < -0.39 is 0 Å². The third-order valence-electron chi connectivity index (χ3n) is 7.35. The van der Waals surface area contributed by atoms with Gasteiger partial charge in [0.25, 0.3) is 0 Å². The van der Waals surface area contributed by atoms with Gasteiger partial charge in [-0.05, 0) is 64.1 Å². The van der Waals surface area contributed by atoms with Crippen LogP contribution in [0.1, 0.15) is 39.0 Å². The quantitative estimate of drug-likeness (QED) is 0.262. The molecule has 0 spiro atoms. The van der Waals surface area contributed by atoms with Gasteiger partial charge in [0.2, 0.25) is 0 Å². The van der Waals surface area contributed by atoms with Gasteiger partial charge in [-0.1, -0.05) is 93.3 Å². The third kappa shape index (κ3) is 5.16. The standard InChI is InChI=1S/C31H34O2/c1-2-8-25-13-7-14-31(25)28(21-32-29-17-15-23-9-3-5-11-26(23)19-29)22-33-30-18-16-24-10-4-6-12-27(24)20-30/h3-6,9-12,15-20,25,28,31H,2,7-8,13-14,21-22H2,1H3. The molecule has 1 saturated carbocycles. The minimum atomic E-state index is 0.391. The van der Waals surface area contributed by atoms with Crippen molar-refractivity contribution in [2.45, 2.75) is 39.0 Å². The van der Waals surface area contributed by atoms with Gasteiger partial charge in [-0.25, -0.2) is 0 Å². The topological polar surface area (TPSA) is 18.5 Å². The van der Waals surface area contributed by atoms with Crippen LogP contribution < -0.4 is 9.47 Å². The van der Waals surface area contributed by atoms with Crippen LogP contribution >= 0.6 is 0 Å². The summed E-state index contributed by atoms with van der Waals surface area (Å²) in [6.45, 7) is 3.72. The molecule has 0 aliphatic heterocycles. The normalized spacial score (nSPS) is 18.2. The van der Waals surface area contributed by atoms with Crippen molar-refractivity contribution in [1.29, 1.82) is 0 Å². The van der Waals surface area contributed by atoms with Crippen LogP contribution in [0.25, 0.3) is 21.5 Å². The fourth-order valence-electron chi connectivity index (χ4n) is 5.63. The summed E-state index contributed by atoms with van der Waals surface area (Å²) in [5.74, 6) is 3.76. The molecule has 0 radical (unpaired) electrons. The van der Waals surface area contributed by atoms with Crippen molar-refractivity contribution in [2.75, 3.05) is 13.2 Å². The van der Waals surface area contributed by atoms with Crippen LogP contribution in [-0.4, -0.2) is 13.2 Å². The summed E-state index contributed by atoms with van der Waals surface area (Å²) >= 11 is 0. The highest BCUT2D eigenvalue weighted by atomic mass is 16.5. The molecule has 0 amide bonds. The van der Waals surface area contributed by atoms with Crippen LogP contribution in [0.2, 0.25) is 0 Å². The maximum absolute atomic E-state index is 6.39. The molecular formula is C31H34O2. The van der Waals surface area contributed by atoms with Gasteiger partial charge in [-0.3, -0.25) is 0 Å². The molecule has 0 saturated heterocycles. The first-order chi connectivity index (χ1) is 16.3. The van der Waals surface area contributed by atoms with Crippen molar-refractivity contribution in [3.05, 3.63) is 84.9 Å². The van der Waals surface area contributed by atoms with Gasteiger partial charge >= 0.3 is 0 Å². The van der Waals surface area contributed by atoms with Crippen molar-refractivity contribution >= 4 is 21.5 Å². The molecule has 170 valence electrons. The van der Waals surface area contributed by atoms with Gasteiger partial charge in [0.1, 0.15) is 11.5 Å². The molecule has 2 heteroatoms. The SMILES string of the molecule is CCCC1CCCC1C(COc1ccc2ccccc2c1)COc1ccc2ccccc2c1. The maximum atomic E-state index is 6.39. The average Bonchev–Trinajstić information content (AvgIpc) is 3.32. The maximum Gasteiger partial charge on any atom is 0.119 e. The van der Waals surface area contributed by atoms with Crippen molar-refractivity contribution in [1.82, 2.24) is 0 Å². The van der Waals surface area contributed by atoms with Gasteiger partial charge in [0.05, 0.1) is 13.2 Å². The van der Waals surface area contributed by atoms with E-state index in [-0.39, 0.29) is 0 Å². The molecule has 5 rings (SSSR count). The molecular weight excluding hydrogens is 404 g/mol. The zero-order valence-corrected chi connectivity index (χ0v) is 19.6. The highest BCUT2D eigenvalue weighted by Gasteiger charge is 2.34. The molecule has 1 aliphatic carbocycles. The molecule has 1 fully saturated rings. The second-order valence-electron chi connectivity index (χ2n) is 9.54. The minimum Gasteiger partial charge on any atom is -0.493 e. The van der Waals surface area contributed by atoms with E-state index in [4.69, 9.17) is 9.47 Å². The number of hydrogen-bond acceptors (Lipinski definition) is 2. The lowest BCUT2D eigenvalue weighted by Crippen LogP contribution is -2.30. The fourth-order valence-corrected chi connectivity index (χ4v) is 5.63. The Kier molecular flexibility index (Phi) is 6.81. The van der Waals surface area contributed by atoms with E-state index in [1.54, 1.807) is 0 Å². The Balaban J connectivity index is 1.31. The Morgan fingerprint density at radius 3 is 1.79 bits per heavy atom.